The van der Waals surface area contributed by atoms with Crippen molar-refractivity contribution in [3.8, 4) is 0 Å². The van der Waals surface area contributed by atoms with E-state index in [0.29, 0.717) is 5.41 Å². The summed E-state index contributed by atoms with van der Waals surface area (Å²) in [5, 5.41) is 13.9. The van der Waals surface area contributed by atoms with Gasteiger partial charge < -0.3 is 5.32 Å². The van der Waals surface area contributed by atoms with Crippen LogP contribution in [0.3, 0.4) is 0 Å². The van der Waals surface area contributed by atoms with E-state index in [1.54, 1.807) is 18.2 Å². The third-order valence-corrected chi connectivity index (χ3v) is 6.89. The van der Waals surface area contributed by atoms with Gasteiger partial charge in [0.1, 0.15) is 0 Å². The van der Waals surface area contributed by atoms with Crippen LogP contribution < -0.4 is 5.32 Å². The standard InChI is InChI=1S/C21H26N2O3/c1-14(21-11-16-8-17(12-21)10-18(9-16)13-21)22-20(24)7-4-15-2-5-19(6-3-15)23(25)26/h2-7,14,16-18H,8-13H2,1H3,(H,22,24). The molecule has 4 bridgehead atoms. The van der Waals surface area contributed by atoms with Crippen LogP contribution >= 0.6 is 0 Å². The van der Waals surface area contributed by atoms with Gasteiger partial charge in [-0.1, -0.05) is 0 Å². The summed E-state index contributed by atoms with van der Waals surface area (Å²) in [7, 11) is 0. The Morgan fingerprint density at radius 2 is 1.69 bits per heavy atom. The first-order valence-electron chi connectivity index (χ1n) is 9.66. The highest BCUT2D eigenvalue weighted by Gasteiger charge is 2.53. The molecule has 5 heteroatoms. The summed E-state index contributed by atoms with van der Waals surface area (Å²) in [5.41, 5.74) is 1.14. The van der Waals surface area contributed by atoms with Gasteiger partial charge in [0.15, 0.2) is 0 Å². The number of rotatable bonds is 5. The smallest absolute Gasteiger partial charge is 0.269 e. The maximum absolute atomic E-state index is 12.4. The summed E-state index contributed by atoms with van der Waals surface area (Å²) in [6, 6.07) is 6.42. The maximum Gasteiger partial charge on any atom is 0.269 e. The van der Waals surface area contributed by atoms with E-state index in [0.717, 1.165) is 23.3 Å². The zero-order valence-corrected chi connectivity index (χ0v) is 15.2. The van der Waals surface area contributed by atoms with Gasteiger partial charge in [0.05, 0.1) is 4.92 Å². The monoisotopic (exact) mass is 354 g/mol. The summed E-state index contributed by atoms with van der Waals surface area (Å²) in [6.07, 6.45) is 11.3. The summed E-state index contributed by atoms with van der Waals surface area (Å²) >= 11 is 0. The van der Waals surface area contributed by atoms with Gasteiger partial charge in [0.25, 0.3) is 5.69 Å². The van der Waals surface area contributed by atoms with Crippen molar-refractivity contribution in [2.45, 2.75) is 51.5 Å². The molecule has 1 amide bonds. The van der Waals surface area contributed by atoms with Crippen molar-refractivity contribution >= 4 is 17.7 Å². The van der Waals surface area contributed by atoms with Crippen molar-refractivity contribution in [3.63, 3.8) is 0 Å². The van der Waals surface area contributed by atoms with Crippen LogP contribution in [0.15, 0.2) is 30.3 Å². The number of amides is 1. The number of nitro benzene ring substituents is 1. The van der Waals surface area contributed by atoms with Gasteiger partial charge in [-0.2, -0.15) is 0 Å². The number of benzene rings is 1. The van der Waals surface area contributed by atoms with Crippen molar-refractivity contribution in [3.05, 3.63) is 46.0 Å². The highest BCUT2D eigenvalue weighted by molar-refractivity contribution is 5.92. The van der Waals surface area contributed by atoms with E-state index < -0.39 is 4.92 Å². The molecule has 138 valence electrons. The van der Waals surface area contributed by atoms with E-state index in [2.05, 4.69) is 12.2 Å². The summed E-state index contributed by atoms with van der Waals surface area (Å²) in [4.78, 5) is 22.7. The molecule has 0 aromatic heterocycles. The second kappa shape index (κ2) is 6.53. The van der Waals surface area contributed by atoms with Crippen molar-refractivity contribution in [2.24, 2.45) is 23.2 Å². The molecule has 5 nitrogen and oxygen atoms in total. The topological polar surface area (TPSA) is 72.2 Å². The van der Waals surface area contributed by atoms with Crippen LogP contribution in [0.1, 0.15) is 51.0 Å². The number of nitro groups is 1. The minimum atomic E-state index is -0.423. The number of hydrogen-bond acceptors (Lipinski definition) is 3. The lowest BCUT2D eigenvalue weighted by Crippen LogP contribution is -2.55. The fourth-order valence-electron chi connectivity index (χ4n) is 6.00. The molecule has 5 rings (SSSR count). The zero-order valence-electron chi connectivity index (χ0n) is 15.2. The van der Waals surface area contributed by atoms with Crippen molar-refractivity contribution in [1.29, 1.82) is 0 Å². The molecule has 1 atom stereocenters. The van der Waals surface area contributed by atoms with Crippen LogP contribution in [0.4, 0.5) is 5.69 Å². The van der Waals surface area contributed by atoms with Crippen molar-refractivity contribution in [2.75, 3.05) is 0 Å². The Kier molecular flexibility index (Phi) is 4.33. The summed E-state index contributed by atoms with van der Waals surface area (Å²) < 4.78 is 0. The van der Waals surface area contributed by atoms with Crippen molar-refractivity contribution < 1.29 is 9.72 Å². The van der Waals surface area contributed by atoms with Crippen LogP contribution in [-0.2, 0) is 4.79 Å². The number of hydrogen-bond donors (Lipinski definition) is 1. The molecular weight excluding hydrogens is 328 g/mol. The third-order valence-electron chi connectivity index (χ3n) is 6.89. The predicted octanol–water partition coefficient (Wildman–Crippen LogP) is 4.33. The Labute approximate surface area is 154 Å². The highest BCUT2D eigenvalue weighted by atomic mass is 16.6. The Morgan fingerprint density at radius 3 is 2.19 bits per heavy atom. The molecule has 26 heavy (non-hydrogen) atoms. The van der Waals surface area contributed by atoms with Crippen molar-refractivity contribution in [1.82, 2.24) is 5.32 Å². The summed E-state index contributed by atoms with van der Waals surface area (Å²) in [5.74, 6) is 2.54. The first kappa shape index (κ1) is 17.3. The minimum absolute atomic E-state index is 0.0574. The minimum Gasteiger partial charge on any atom is -0.350 e. The zero-order chi connectivity index (χ0) is 18.3. The average Bonchev–Trinajstić information content (AvgIpc) is 2.59. The second-order valence-corrected chi connectivity index (χ2v) is 8.69. The van der Waals surface area contributed by atoms with E-state index in [-0.39, 0.29) is 17.6 Å². The molecular formula is C21H26N2O3. The largest absolute Gasteiger partial charge is 0.350 e. The Hall–Kier alpha value is -2.17. The number of carbonyl (C=O) groups excluding carboxylic acids is 1. The predicted molar refractivity (Wildman–Crippen MR) is 100 cm³/mol. The molecule has 1 N–H and O–H groups in total. The Bertz CT molecular complexity index is 703. The van der Waals surface area contributed by atoms with Gasteiger partial charge in [-0.05, 0) is 92.4 Å². The van der Waals surface area contributed by atoms with Gasteiger partial charge in [0, 0.05) is 24.3 Å². The van der Waals surface area contributed by atoms with Crippen LogP contribution in [0.25, 0.3) is 6.08 Å². The number of non-ortho nitro benzene ring substituents is 1. The lowest BCUT2D eigenvalue weighted by molar-refractivity contribution is -0.384. The molecule has 1 aromatic rings. The Balaban J connectivity index is 1.38. The van der Waals surface area contributed by atoms with Gasteiger partial charge >= 0.3 is 0 Å². The Morgan fingerprint density at radius 1 is 1.15 bits per heavy atom. The summed E-state index contributed by atoms with van der Waals surface area (Å²) in [6.45, 7) is 2.17. The normalized spacial score (nSPS) is 33.3. The molecule has 0 aliphatic heterocycles. The van der Waals surface area contributed by atoms with Crippen LogP contribution in [0.5, 0.6) is 0 Å². The van der Waals surface area contributed by atoms with E-state index in [4.69, 9.17) is 0 Å². The number of nitrogens with one attached hydrogen (secondary N) is 1. The number of nitrogens with zero attached hydrogens (tertiary/aromatic N) is 1. The molecule has 1 aromatic carbocycles. The molecule has 1 unspecified atom stereocenters. The first-order chi connectivity index (χ1) is 12.4. The number of carbonyl (C=O) groups is 1. The lowest BCUT2D eigenvalue weighted by Gasteiger charge is -2.59. The average molecular weight is 354 g/mol. The van der Waals surface area contributed by atoms with E-state index in [1.807, 2.05) is 0 Å². The first-order valence-corrected chi connectivity index (χ1v) is 9.66. The molecule has 0 heterocycles. The van der Waals surface area contributed by atoms with E-state index in [9.17, 15) is 14.9 Å². The van der Waals surface area contributed by atoms with Gasteiger partial charge in [-0.25, -0.2) is 0 Å². The SMILES string of the molecule is CC(NC(=O)C=Cc1ccc([N+](=O)[O-])cc1)C12CC3CC(CC(C3)C1)C2. The van der Waals surface area contributed by atoms with Gasteiger partial charge in [-0.3, -0.25) is 14.9 Å². The van der Waals surface area contributed by atoms with E-state index in [1.165, 1.54) is 56.7 Å². The lowest BCUT2D eigenvalue weighted by atomic mass is 9.48. The van der Waals surface area contributed by atoms with Crippen LogP contribution in [-0.4, -0.2) is 16.9 Å². The molecule has 0 saturated heterocycles. The molecule has 0 radical (unpaired) electrons. The quantitative estimate of drug-likeness (QED) is 0.486. The van der Waals surface area contributed by atoms with Gasteiger partial charge in [-0.15, -0.1) is 0 Å². The van der Waals surface area contributed by atoms with Crippen LogP contribution in [0.2, 0.25) is 0 Å². The van der Waals surface area contributed by atoms with Crippen LogP contribution in [0, 0.1) is 33.3 Å². The maximum atomic E-state index is 12.4. The molecule has 4 saturated carbocycles. The molecule has 4 aliphatic carbocycles. The second-order valence-electron chi connectivity index (χ2n) is 8.69. The third kappa shape index (κ3) is 3.27. The fourth-order valence-corrected chi connectivity index (χ4v) is 6.00. The fraction of sp³-hybridized carbons (Fsp3) is 0.571. The van der Waals surface area contributed by atoms with Gasteiger partial charge in [0.2, 0.25) is 5.91 Å². The molecule has 0 spiro atoms. The highest BCUT2D eigenvalue weighted by Crippen LogP contribution is 2.61. The molecule has 4 aliphatic rings. The van der Waals surface area contributed by atoms with E-state index >= 15 is 0 Å². The molecule has 4 fully saturated rings.